The summed E-state index contributed by atoms with van der Waals surface area (Å²) in [5, 5.41) is 3.14. The van der Waals surface area contributed by atoms with Gasteiger partial charge in [0.1, 0.15) is 17.1 Å². The molecular formula is C28H30N2O5. The lowest BCUT2D eigenvalue weighted by Gasteiger charge is -2.43. The fraction of sp³-hybridized carbons (Fsp3) is 0.464. The van der Waals surface area contributed by atoms with E-state index in [4.69, 9.17) is 9.15 Å². The lowest BCUT2D eigenvalue weighted by molar-refractivity contribution is -0.148. The molecule has 7 heteroatoms. The summed E-state index contributed by atoms with van der Waals surface area (Å²) in [5.41, 5.74) is 0.265. The number of carbonyl (C=O) groups excluding carboxylic acids is 3. The van der Waals surface area contributed by atoms with Gasteiger partial charge in [0.05, 0.1) is 36.3 Å². The zero-order valence-electron chi connectivity index (χ0n) is 19.9. The van der Waals surface area contributed by atoms with Crippen LogP contribution in [0.25, 0.3) is 0 Å². The van der Waals surface area contributed by atoms with Gasteiger partial charge in [-0.1, -0.05) is 49.4 Å². The fourth-order valence-electron chi connectivity index (χ4n) is 6.70. The number of furan rings is 1. The highest BCUT2D eigenvalue weighted by molar-refractivity contribution is 5.96. The van der Waals surface area contributed by atoms with Crippen LogP contribution in [-0.2, 0) is 25.5 Å². The van der Waals surface area contributed by atoms with Crippen LogP contribution in [0.4, 0.5) is 0 Å². The first kappa shape index (κ1) is 22.3. The molecule has 7 nitrogen and oxygen atoms in total. The van der Waals surface area contributed by atoms with Gasteiger partial charge >= 0.3 is 0 Å². The summed E-state index contributed by atoms with van der Waals surface area (Å²) in [6.45, 7) is 3.86. The van der Waals surface area contributed by atoms with Crippen molar-refractivity contribution < 1.29 is 23.5 Å². The second kappa shape index (κ2) is 8.19. The molecule has 4 aliphatic heterocycles. The quantitative estimate of drug-likeness (QED) is 0.650. The van der Waals surface area contributed by atoms with Crippen LogP contribution in [-0.4, -0.2) is 46.3 Å². The number of carbonyl (C=O) groups is 3. The zero-order valence-corrected chi connectivity index (χ0v) is 19.9. The average Bonchev–Trinajstić information content (AvgIpc) is 3.63. The van der Waals surface area contributed by atoms with Gasteiger partial charge in [-0.3, -0.25) is 14.4 Å². The van der Waals surface area contributed by atoms with Gasteiger partial charge in [0.15, 0.2) is 0 Å². The highest BCUT2D eigenvalue weighted by Gasteiger charge is 2.74. The van der Waals surface area contributed by atoms with Crippen molar-refractivity contribution in [2.75, 3.05) is 0 Å². The Labute approximate surface area is 204 Å². The molecule has 0 unspecified atom stereocenters. The highest BCUT2D eigenvalue weighted by atomic mass is 16.5. The minimum atomic E-state index is -0.961. The van der Waals surface area contributed by atoms with Crippen LogP contribution in [0.3, 0.4) is 0 Å². The van der Waals surface area contributed by atoms with Crippen molar-refractivity contribution in [2.45, 2.75) is 62.9 Å². The molecular weight excluding hydrogens is 444 g/mol. The third-order valence-electron chi connectivity index (χ3n) is 8.35. The van der Waals surface area contributed by atoms with Crippen LogP contribution in [0.15, 0.2) is 65.3 Å². The number of rotatable bonds is 6. The molecule has 6 rings (SSSR count). The van der Waals surface area contributed by atoms with Gasteiger partial charge in [-0.25, -0.2) is 0 Å². The number of aryl methyl sites for hydroxylation is 1. The van der Waals surface area contributed by atoms with E-state index in [1.165, 1.54) is 5.56 Å². The van der Waals surface area contributed by atoms with E-state index < -0.39 is 35.6 Å². The van der Waals surface area contributed by atoms with Crippen molar-refractivity contribution in [3.05, 3.63) is 72.2 Å². The summed E-state index contributed by atoms with van der Waals surface area (Å²) in [6.07, 6.45) is 6.80. The highest BCUT2D eigenvalue weighted by Crippen LogP contribution is 2.59. The number of Topliss-reactive ketones (excluding diaryl/α,β-unsaturated/α-hetero) is 1. The molecule has 0 saturated carbocycles. The summed E-state index contributed by atoms with van der Waals surface area (Å²) < 4.78 is 12.1. The zero-order chi connectivity index (χ0) is 24.3. The van der Waals surface area contributed by atoms with Crippen LogP contribution in [0.2, 0.25) is 0 Å². The monoisotopic (exact) mass is 474 g/mol. The molecule has 182 valence electrons. The number of nitrogens with zero attached hydrogens (tertiary/aromatic N) is 1. The second-order valence-corrected chi connectivity index (χ2v) is 10.4. The van der Waals surface area contributed by atoms with Gasteiger partial charge in [-0.2, -0.15) is 0 Å². The van der Waals surface area contributed by atoms with Gasteiger partial charge in [-0.05, 0) is 37.5 Å². The molecule has 8 atom stereocenters. The fourth-order valence-corrected chi connectivity index (χ4v) is 6.70. The topological polar surface area (TPSA) is 88.9 Å². The molecule has 1 aromatic carbocycles. The number of benzene rings is 1. The van der Waals surface area contributed by atoms with Crippen molar-refractivity contribution in [3.63, 3.8) is 0 Å². The second-order valence-electron chi connectivity index (χ2n) is 10.4. The number of nitrogens with one attached hydrogen (secondary N) is 1. The van der Waals surface area contributed by atoms with E-state index in [0.717, 1.165) is 12.8 Å². The number of piperidine rings is 1. The molecule has 1 aromatic heterocycles. The van der Waals surface area contributed by atoms with E-state index in [9.17, 15) is 14.4 Å². The van der Waals surface area contributed by atoms with Crippen LogP contribution in [0, 0.1) is 17.8 Å². The molecule has 2 amide bonds. The van der Waals surface area contributed by atoms with Crippen molar-refractivity contribution in [3.8, 4) is 0 Å². The molecule has 3 fully saturated rings. The van der Waals surface area contributed by atoms with E-state index in [1.807, 2.05) is 44.2 Å². The SMILES string of the molecule is C[C@H](CCc1ccccc1)NC(=O)[C@H]1[C@H]2C(=O)N3[C@@H]([C@@H](C)C(=O)C[C@H]3c3ccco3)[C@@]23C=C[C@H]1O3. The summed E-state index contributed by atoms with van der Waals surface area (Å²) in [4.78, 5) is 42.3. The maximum absolute atomic E-state index is 14.0. The van der Waals surface area contributed by atoms with Gasteiger partial charge in [-0.15, -0.1) is 0 Å². The molecule has 35 heavy (non-hydrogen) atoms. The van der Waals surface area contributed by atoms with E-state index in [0.29, 0.717) is 5.76 Å². The van der Waals surface area contributed by atoms with Crippen molar-refractivity contribution in [1.82, 2.24) is 10.2 Å². The first-order valence-electron chi connectivity index (χ1n) is 12.5. The molecule has 4 aliphatic rings. The predicted octanol–water partition coefficient (Wildman–Crippen LogP) is 3.22. The summed E-state index contributed by atoms with van der Waals surface area (Å²) in [5.74, 6) is -1.25. The molecule has 1 N–H and O–H groups in total. The number of hydrogen-bond donors (Lipinski definition) is 1. The molecule has 1 spiro atoms. The lowest BCUT2D eigenvalue weighted by Crippen LogP contribution is -2.55. The number of hydrogen-bond acceptors (Lipinski definition) is 5. The Bertz CT molecular complexity index is 1180. The van der Waals surface area contributed by atoms with Crippen molar-refractivity contribution >= 4 is 17.6 Å². The first-order valence-corrected chi connectivity index (χ1v) is 12.5. The van der Waals surface area contributed by atoms with Crippen LogP contribution >= 0.6 is 0 Å². The van der Waals surface area contributed by atoms with E-state index >= 15 is 0 Å². The van der Waals surface area contributed by atoms with E-state index in [2.05, 4.69) is 17.4 Å². The number of ketones is 1. The lowest BCUT2D eigenvalue weighted by atomic mass is 9.70. The van der Waals surface area contributed by atoms with Gasteiger partial charge in [0.2, 0.25) is 11.8 Å². The largest absolute Gasteiger partial charge is 0.467 e. The van der Waals surface area contributed by atoms with Crippen LogP contribution < -0.4 is 5.32 Å². The Morgan fingerprint density at radius 3 is 2.74 bits per heavy atom. The van der Waals surface area contributed by atoms with Gasteiger partial charge in [0, 0.05) is 18.4 Å². The van der Waals surface area contributed by atoms with Gasteiger partial charge < -0.3 is 19.4 Å². The standard InChI is InChI=1S/C28H30N2O5/c1-16(10-11-18-7-4-3-5-8-18)29-26(32)23-22-12-13-28(35-22)24(23)27(33)30-19(21-9-6-14-34-21)15-20(31)17(2)25(28)30/h3-9,12-14,16-17,19,22-25H,10-11,15H2,1-2H3,(H,29,32)/t16-,17+,19+,22-,23-,24+,25+,28-/m1/s1. The Hall–Kier alpha value is -3.19. The Morgan fingerprint density at radius 2 is 2.00 bits per heavy atom. The molecule has 0 aliphatic carbocycles. The molecule has 0 radical (unpaired) electrons. The summed E-state index contributed by atoms with van der Waals surface area (Å²) in [6, 6.07) is 12.8. The smallest absolute Gasteiger partial charge is 0.230 e. The molecule has 5 heterocycles. The predicted molar refractivity (Wildman–Crippen MR) is 127 cm³/mol. The molecule has 3 saturated heterocycles. The summed E-state index contributed by atoms with van der Waals surface area (Å²) >= 11 is 0. The molecule has 2 bridgehead atoms. The Balaban J connectivity index is 1.25. The minimum Gasteiger partial charge on any atom is -0.467 e. The number of fused-ring (bicyclic) bond motifs is 2. The van der Waals surface area contributed by atoms with Crippen molar-refractivity contribution in [1.29, 1.82) is 0 Å². The maximum Gasteiger partial charge on any atom is 0.230 e. The third kappa shape index (κ3) is 3.32. The maximum atomic E-state index is 14.0. The van der Waals surface area contributed by atoms with E-state index in [-0.39, 0.29) is 36.0 Å². The number of amides is 2. The van der Waals surface area contributed by atoms with E-state index in [1.54, 1.807) is 23.3 Å². The minimum absolute atomic E-state index is 0.0442. The van der Waals surface area contributed by atoms with Crippen molar-refractivity contribution in [2.24, 2.45) is 17.8 Å². The third-order valence-corrected chi connectivity index (χ3v) is 8.35. The number of ether oxygens (including phenoxy) is 1. The van der Waals surface area contributed by atoms with Crippen LogP contribution in [0.1, 0.15) is 44.1 Å². The normalized spacial score (nSPS) is 35.8. The Morgan fingerprint density at radius 1 is 1.20 bits per heavy atom. The van der Waals surface area contributed by atoms with Crippen LogP contribution in [0.5, 0.6) is 0 Å². The van der Waals surface area contributed by atoms with Gasteiger partial charge in [0.25, 0.3) is 0 Å². The average molecular weight is 475 g/mol. The summed E-state index contributed by atoms with van der Waals surface area (Å²) in [7, 11) is 0. The first-order chi connectivity index (χ1) is 16.9. The molecule has 2 aromatic rings. The Kier molecular flexibility index (Phi) is 5.22.